The summed E-state index contributed by atoms with van der Waals surface area (Å²) < 4.78 is 5.88. The van der Waals surface area contributed by atoms with Gasteiger partial charge in [-0.15, -0.1) is 0 Å². The van der Waals surface area contributed by atoms with Gasteiger partial charge in [-0.2, -0.15) is 0 Å². The third-order valence-corrected chi connectivity index (χ3v) is 8.01. The lowest BCUT2D eigenvalue weighted by atomic mass is 9.84. The molecule has 0 aliphatic heterocycles. The van der Waals surface area contributed by atoms with Gasteiger partial charge in [-0.25, -0.2) is 4.79 Å². The molecule has 1 aromatic carbocycles. The minimum atomic E-state index is -0.141. The van der Waals surface area contributed by atoms with Crippen molar-refractivity contribution >= 4 is 11.5 Å². The van der Waals surface area contributed by atoms with Crippen LogP contribution in [0.25, 0.3) is 5.57 Å². The van der Waals surface area contributed by atoms with E-state index in [9.17, 15) is 4.79 Å². The Kier molecular flexibility index (Phi) is 11.6. The van der Waals surface area contributed by atoms with Crippen LogP contribution in [-0.4, -0.2) is 12.1 Å². The van der Waals surface area contributed by atoms with E-state index in [4.69, 9.17) is 4.74 Å². The molecular formula is C31H48O2. The highest BCUT2D eigenvalue weighted by molar-refractivity contribution is 5.90. The van der Waals surface area contributed by atoms with Crippen molar-refractivity contribution in [3.8, 4) is 0 Å². The summed E-state index contributed by atoms with van der Waals surface area (Å²) in [4.78, 5) is 12.7. The van der Waals surface area contributed by atoms with Gasteiger partial charge in [0.05, 0.1) is 5.56 Å². The molecule has 33 heavy (non-hydrogen) atoms. The van der Waals surface area contributed by atoms with Crippen molar-refractivity contribution < 1.29 is 9.53 Å². The van der Waals surface area contributed by atoms with Crippen LogP contribution in [0.5, 0.6) is 0 Å². The summed E-state index contributed by atoms with van der Waals surface area (Å²) in [5, 5.41) is 0. The number of rotatable bonds is 13. The summed E-state index contributed by atoms with van der Waals surface area (Å²) in [5.41, 5.74) is 3.42. The van der Waals surface area contributed by atoms with Crippen LogP contribution >= 0.6 is 0 Å². The molecule has 1 aromatic rings. The second kappa shape index (κ2) is 14.6. The topological polar surface area (TPSA) is 26.3 Å². The van der Waals surface area contributed by atoms with Crippen LogP contribution in [0.1, 0.15) is 139 Å². The van der Waals surface area contributed by atoms with E-state index in [1.807, 2.05) is 12.1 Å². The molecule has 0 aromatic heterocycles. The maximum absolute atomic E-state index is 12.7. The molecule has 1 saturated carbocycles. The summed E-state index contributed by atoms with van der Waals surface area (Å²) in [6, 6.07) is 8.16. The van der Waals surface area contributed by atoms with Crippen molar-refractivity contribution in [1.29, 1.82) is 0 Å². The van der Waals surface area contributed by atoms with Crippen LogP contribution < -0.4 is 0 Å². The average Bonchev–Trinajstić information content (AvgIpc) is 2.86. The van der Waals surface area contributed by atoms with Crippen molar-refractivity contribution in [2.75, 3.05) is 0 Å². The molecular weight excluding hydrogens is 404 g/mol. The highest BCUT2D eigenvalue weighted by Crippen LogP contribution is 2.33. The van der Waals surface area contributed by atoms with Gasteiger partial charge in [0.2, 0.25) is 0 Å². The fourth-order valence-electron chi connectivity index (χ4n) is 5.70. The van der Waals surface area contributed by atoms with Crippen molar-refractivity contribution in [3.05, 3.63) is 41.5 Å². The Balaban J connectivity index is 1.36. The number of esters is 1. The van der Waals surface area contributed by atoms with E-state index < -0.39 is 0 Å². The average molecular weight is 453 g/mol. The minimum Gasteiger partial charge on any atom is -0.459 e. The summed E-state index contributed by atoms with van der Waals surface area (Å²) in [6.45, 7) is 4.55. The van der Waals surface area contributed by atoms with E-state index in [0.29, 0.717) is 5.56 Å². The molecule has 0 amide bonds. The summed E-state index contributed by atoms with van der Waals surface area (Å²) >= 11 is 0. The number of ether oxygens (including phenoxy) is 1. The lowest BCUT2D eigenvalue weighted by molar-refractivity contribution is 0.0161. The number of benzene rings is 1. The van der Waals surface area contributed by atoms with Gasteiger partial charge in [-0.05, 0) is 80.1 Å². The molecule has 2 heteroatoms. The first-order valence-electron chi connectivity index (χ1n) is 14.2. The molecule has 0 heterocycles. The molecule has 1 unspecified atom stereocenters. The summed E-state index contributed by atoms with van der Waals surface area (Å²) in [7, 11) is 0. The first kappa shape index (κ1) is 26.0. The van der Waals surface area contributed by atoms with Crippen molar-refractivity contribution in [3.63, 3.8) is 0 Å². The third-order valence-electron chi connectivity index (χ3n) is 8.01. The zero-order chi connectivity index (χ0) is 23.3. The molecule has 0 bridgehead atoms. The number of hydrogen-bond acceptors (Lipinski definition) is 2. The van der Waals surface area contributed by atoms with Gasteiger partial charge in [-0.1, -0.05) is 96.3 Å². The molecule has 184 valence electrons. The van der Waals surface area contributed by atoms with E-state index >= 15 is 0 Å². The fraction of sp³-hybridized carbons (Fsp3) is 0.710. The Hall–Kier alpha value is -1.57. The van der Waals surface area contributed by atoms with Gasteiger partial charge in [0.15, 0.2) is 0 Å². The molecule has 2 aliphatic carbocycles. The highest BCUT2D eigenvalue weighted by atomic mass is 16.5. The maximum atomic E-state index is 12.7. The Bertz CT molecular complexity index is 709. The summed E-state index contributed by atoms with van der Waals surface area (Å²) in [5.74, 6) is 1.57. The van der Waals surface area contributed by atoms with Crippen molar-refractivity contribution in [1.82, 2.24) is 0 Å². The molecule has 0 spiro atoms. The zero-order valence-corrected chi connectivity index (χ0v) is 21.5. The molecule has 2 aliphatic rings. The van der Waals surface area contributed by atoms with Gasteiger partial charge in [-0.3, -0.25) is 0 Å². The second-order valence-corrected chi connectivity index (χ2v) is 10.7. The standard InChI is InChI=1S/C31H48O2/c1-3-5-7-8-9-10-12-26-15-23-30(24-16-26)33-31(32)29-21-19-28(20-22-29)27-17-13-25(14-18-27)11-6-4-2/h17,19-22,25-26,30H,3-16,18,23-24H2,1-2H3/t25?,26-,30-. The SMILES string of the molecule is CCCCCCCC[C@H]1CC[C@H](OC(=O)c2ccc(C3=CCC(CCCC)CC3)cc2)CC1. The third kappa shape index (κ3) is 8.95. The van der Waals surface area contributed by atoms with Crippen LogP contribution in [-0.2, 0) is 4.74 Å². The lowest BCUT2D eigenvalue weighted by Gasteiger charge is -2.28. The van der Waals surface area contributed by atoms with Crippen LogP contribution in [0.15, 0.2) is 30.3 Å². The number of unbranched alkanes of at least 4 members (excludes halogenated alkanes) is 6. The lowest BCUT2D eigenvalue weighted by Crippen LogP contribution is -2.24. The fourth-order valence-corrected chi connectivity index (χ4v) is 5.70. The number of allylic oxidation sites excluding steroid dienone is 2. The Morgan fingerprint density at radius 2 is 1.45 bits per heavy atom. The predicted octanol–water partition coefficient (Wildman–Crippen LogP) is 9.53. The molecule has 3 rings (SSSR count). The largest absolute Gasteiger partial charge is 0.459 e. The van der Waals surface area contributed by atoms with Crippen LogP contribution in [0, 0.1) is 11.8 Å². The van der Waals surface area contributed by atoms with E-state index in [1.165, 1.54) is 107 Å². The number of hydrogen-bond donors (Lipinski definition) is 0. The first-order valence-corrected chi connectivity index (χ1v) is 14.2. The van der Waals surface area contributed by atoms with E-state index in [-0.39, 0.29) is 12.1 Å². The van der Waals surface area contributed by atoms with Gasteiger partial charge >= 0.3 is 5.97 Å². The normalized spacial score (nSPS) is 23.2. The second-order valence-electron chi connectivity index (χ2n) is 10.7. The number of carbonyl (C=O) groups is 1. The summed E-state index contributed by atoms with van der Waals surface area (Å²) in [6.07, 6.45) is 24.4. The van der Waals surface area contributed by atoms with E-state index in [2.05, 4.69) is 32.1 Å². The van der Waals surface area contributed by atoms with Crippen molar-refractivity contribution in [2.45, 2.75) is 129 Å². The zero-order valence-electron chi connectivity index (χ0n) is 21.5. The van der Waals surface area contributed by atoms with Crippen molar-refractivity contribution in [2.24, 2.45) is 11.8 Å². The van der Waals surface area contributed by atoms with Crippen LogP contribution in [0.3, 0.4) is 0 Å². The first-order chi connectivity index (χ1) is 16.2. The Labute approximate surface area is 203 Å². The smallest absolute Gasteiger partial charge is 0.338 e. The van der Waals surface area contributed by atoms with Gasteiger partial charge < -0.3 is 4.74 Å². The van der Waals surface area contributed by atoms with E-state index in [1.54, 1.807) is 0 Å². The number of carbonyl (C=O) groups excluding carboxylic acids is 1. The quantitative estimate of drug-likeness (QED) is 0.220. The molecule has 0 saturated heterocycles. The molecule has 0 radical (unpaired) electrons. The minimum absolute atomic E-state index is 0.110. The van der Waals surface area contributed by atoms with Gasteiger partial charge in [0, 0.05) is 0 Å². The van der Waals surface area contributed by atoms with Gasteiger partial charge in [0.1, 0.15) is 6.10 Å². The maximum Gasteiger partial charge on any atom is 0.338 e. The molecule has 2 nitrogen and oxygen atoms in total. The highest BCUT2D eigenvalue weighted by Gasteiger charge is 2.24. The predicted molar refractivity (Wildman–Crippen MR) is 140 cm³/mol. The molecule has 1 fully saturated rings. The monoisotopic (exact) mass is 452 g/mol. The Morgan fingerprint density at radius 1 is 0.788 bits per heavy atom. The van der Waals surface area contributed by atoms with Crippen LogP contribution in [0.2, 0.25) is 0 Å². The Morgan fingerprint density at radius 3 is 2.12 bits per heavy atom. The molecule has 0 N–H and O–H groups in total. The van der Waals surface area contributed by atoms with E-state index in [0.717, 1.165) is 24.7 Å². The van der Waals surface area contributed by atoms with Gasteiger partial charge in [0.25, 0.3) is 0 Å². The molecule has 1 atom stereocenters. The van der Waals surface area contributed by atoms with Crippen LogP contribution in [0.4, 0.5) is 0 Å².